The molecule has 1 atom stereocenters. The lowest BCUT2D eigenvalue weighted by atomic mass is 10.1. The van der Waals surface area contributed by atoms with Crippen LogP contribution in [0.3, 0.4) is 0 Å². The van der Waals surface area contributed by atoms with Crippen LogP contribution in [0.25, 0.3) is 0 Å². The molecule has 4 nitrogen and oxygen atoms in total. The van der Waals surface area contributed by atoms with E-state index < -0.39 is 6.10 Å². The molecule has 1 unspecified atom stereocenters. The fourth-order valence-corrected chi connectivity index (χ4v) is 2.00. The summed E-state index contributed by atoms with van der Waals surface area (Å²) in [6.45, 7) is 2.62. The summed E-state index contributed by atoms with van der Waals surface area (Å²) in [5, 5.41) is 29.6. The SMILES string of the molecule is CCCCCCCCCCC(O)CNC=C(C#N)C#N. The zero-order valence-corrected chi connectivity index (χ0v) is 12.6. The molecule has 20 heavy (non-hydrogen) atoms. The summed E-state index contributed by atoms with van der Waals surface area (Å²) in [6, 6.07) is 3.52. The standard InChI is InChI=1S/C16H27N3O/c1-2-3-4-5-6-7-8-9-10-16(20)14-19-13-15(11-17)12-18/h13,16,19-20H,2-10,14H2,1H3. The third-order valence-corrected chi connectivity index (χ3v) is 3.23. The first-order valence-electron chi connectivity index (χ1n) is 7.66. The van der Waals surface area contributed by atoms with Gasteiger partial charge in [0.2, 0.25) is 0 Å². The van der Waals surface area contributed by atoms with Crippen molar-refractivity contribution in [3.63, 3.8) is 0 Å². The van der Waals surface area contributed by atoms with Crippen LogP contribution in [-0.4, -0.2) is 17.8 Å². The Hall–Kier alpha value is -1.52. The average molecular weight is 277 g/mol. The Morgan fingerprint density at radius 3 is 2.15 bits per heavy atom. The van der Waals surface area contributed by atoms with Crippen molar-refractivity contribution >= 4 is 0 Å². The Labute approximate surface area is 123 Å². The molecule has 0 amide bonds. The molecule has 0 aliphatic carbocycles. The molecule has 0 aliphatic heterocycles. The van der Waals surface area contributed by atoms with E-state index in [0.29, 0.717) is 6.54 Å². The van der Waals surface area contributed by atoms with E-state index in [-0.39, 0.29) is 5.57 Å². The second kappa shape index (κ2) is 13.9. The molecule has 0 aromatic rings. The summed E-state index contributed by atoms with van der Waals surface area (Å²) in [6.07, 6.45) is 11.7. The van der Waals surface area contributed by atoms with E-state index >= 15 is 0 Å². The highest BCUT2D eigenvalue weighted by molar-refractivity contribution is 5.34. The van der Waals surface area contributed by atoms with Crippen molar-refractivity contribution in [3.8, 4) is 12.1 Å². The molecular formula is C16H27N3O. The lowest BCUT2D eigenvalue weighted by Crippen LogP contribution is -2.23. The molecule has 0 aromatic carbocycles. The fraction of sp³-hybridized carbons (Fsp3) is 0.750. The van der Waals surface area contributed by atoms with Crippen LogP contribution in [0.2, 0.25) is 0 Å². The molecule has 2 N–H and O–H groups in total. The van der Waals surface area contributed by atoms with Gasteiger partial charge >= 0.3 is 0 Å². The van der Waals surface area contributed by atoms with Crippen LogP contribution >= 0.6 is 0 Å². The van der Waals surface area contributed by atoms with E-state index in [0.717, 1.165) is 12.8 Å². The van der Waals surface area contributed by atoms with Crippen LogP contribution < -0.4 is 5.32 Å². The van der Waals surface area contributed by atoms with Gasteiger partial charge in [0.15, 0.2) is 0 Å². The molecule has 0 aliphatic rings. The maximum Gasteiger partial charge on any atom is 0.145 e. The summed E-state index contributed by atoms with van der Waals surface area (Å²) < 4.78 is 0. The van der Waals surface area contributed by atoms with Gasteiger partial charge in [-0.25, -0.2) is 0 Å². The van der Waals surface area contributed by atoms with Crippen molar-refractivity contribution in [2.24, 2.45) is 0 Å². The smallest absolute Gasteiger partial charge is 0.145 e. The summed E-state index contributed by atoms with van der Waals surface area (Å²) in [4.78, 5) is 0. The zero-order valence-electron chi connectivity index (χ0n) is 12.6. The lowest BCUT2D eigenvalue weighted by molar-refractivity contribution is 0.162. The third kappa shape index (κ3) is 11.6. The molecule has 0 spiro atoms. The highest BCUT2D eigenvalue weighted by Crippen LogP contribution is 2.10. The summed E-state index contributed by atoms with van der Waals surface area (Å²) >= 11 is 0. The molecule has 0 radical (unpaired) electrons. The molecule has 0 bridgehead atoms. The first-order valence-corrected chi connectivity index (χ1v) is 7.66. The second-order valence-corrected chi connectivity index (χ2v) is 5.11. The molecule has 4 heteroatoms. The van der Waals surface area contributed by atoms with Crippen LogP contribution in [0.15, 0.2) is 11.8 Å². The quantitative estimate of drug-likeness (QED) is 0.423. The Bertz CT molecular complexity index is 323. The Kier molecular flexibility index (Phi) is 12.8. The minimum atomic E-state index is -0.412. The monoisotopic (exact) mass is 277 g/mol. The van der Waals surface area contributed by atoms with Gasteiger partial charge in [-0.15, -0.1) is 0 Å². The number of rotatable bonds is 12. The number of nitriles is 2. The van der Waals surface area contributed by atoms with E-state index in [2.05, 4.69) is 12.2 Å². The molecule has 0 saturated heterocycles. The summed E-state index contributed by atoms with van der Waals surface area (Å²) in [5.74, 6) is 0. The van der Waals surface area contributed by atoms with Gasteiger partial charge in [0.05, 0.1) is 6.10 Å². The number of aliphatic hydroxyl groups is 1. The van der Waals surface area contributed by atoms with Gasteiger partial charge in [-0.05, 0) is 6.42 Å². The van der Waals surface area contributed by atoms with Crippen molar-refractivity contribution in [1.29, 1.82) is 10.5 Å². The summed E-state index contributed by atoms with van der Waals surface area (Å²) in [5.41, 5.74) is 0.0317. The van der Waals surface area contributed by atoms with Gasteiger partial charge in [0.1, 0.15) is 17.7 Å². The molecule has 112 valence electrons. The van der Waals surface area contributed by atoms with Crippen LogP contribution in [0, 0.1) is 22.7 Å². The van der Waals surface area contributed by atoms with Gasteiger partial charge in [-0.3, -0.25) is 0 Å². The Balaban J connectivity index is 3.42. The van der Waals surface area contributed by atoms with E-state index in [1.807, 2.05) is 0 Å². The molecule has 0 heterocycles. The number of hydrogen-bond donors (Lipinski definition) is 2. The third-order valence-electron chi connectivity index (χ3n) is 3.23. The van der Waals surface area contributed by atoms with Crippen LogP contribution in [0.1, 0.15) is 64.7 Å². The van der Waals surface area contributed by atoms with Crippen molar-refractivity contribution in [2.45, 2.75) is 70.8 Å². The van der Waals surface area contributed by atoms with Gasteiger partial charge in [-0.1, -0.05) is 58.3 Å². The number of unbranched alkanes of at least 4 members (excludes halogenated alkanes) is 7. The first kappa shape index (κ1) is 18.5. The maximum atomic E-state index is 9.72. The van der Waals surface area contributed by atoms with Crippen molar-refractivity contribution in [3.05, 3.63) is 11.8 Å². The Morgan fingerprint density at radius 2 is 1.60 bits per heavy atom. The van der Waals surface area contributed by atoms with E-state index in [4.69, 9.17) is 10.5 Å². The molecular weight excluding hydrogens is 250 g/mol. The predicted octanol–water partition coefficient (Wildman–Crippen LogP) is 3.40. The largest absolute Gasteiger partial charge is 0.391 e. The second-order valence-electron chi connectivity index (χ2n) is 5.11. The van der Waals surface area contributed by atoms with Gasteiger partial charge < -0.3 is 10.4 Å². The maximum absolute atomic E-state index is 9.72. The summed E-state index contributed by atoms with van der Waals surface area (Å²) in [7, 11) is 0. The van der Waals surface area contributed by atoms with Crippen molar-refractivity contribution < 1.29 is 5.11 Å². The minimum absolute atomic E-state index is 0.0317. The highest BCUT2D eigenvalue weighted by atomic mass is 16.3. The number of nitrogens with one attached hydrogen (secondary N) is 1. The molecule has 0 fully saturated rings. The van der Waals surface area contributed by atoms with E-state index in [9.17, 15) is 5.11 Å². The lowest BCUT2D eigenvalue weighted by Gasteiger charge is -2.10. The number of aliphatic hydroxyl groups excluding tert-OH is 1. The average Bonchev–Trinajstić information content (AvgIpc) is 2.46. The van der Waals surface area contributed by atoms with E-state index in [1.165, 1.54) is 51.1 Å². The zero-order chi connectivity index (χ0) is 15.1. The molecule has 0 saturated carbocycles. The Morgan fingerprint density at radius 1 is 1.05 bits per heavy atom. The normalized spacial score (nSPS) is 11.2. The first-order chi connectivity index (χ1) is 9.74. The van der Waals surface area contributed by atoms with Crippen LogP contribution in [-0.2, 0) is 0 Å². The molecule has 0 rings (SSSR count). The minimum Gasteiger partial charge on any atom is -0.391 e. The number of nitrogens with zero attached hydrogens (tertiary/aromatic N) is 2. The van der Waals surface area contributed by atoms with Gasteiger partial charge in [0, 0.05) is 12.7 Å². The predicted molar refractivity (Wildman–Crippen MR) is 80.5 cm³/mol. The van der Waals surface area contributed by atoms with Crippen molar-refractivity contribution in [2.75, 3.05) is 6.54 Å². The number of hydrogen-bond acceptors (Lipinski definition) is 4. The van der Waals surface area contributed by atoms with Crippen LogP contribution in [0.5, 0.6) is 0 Å². The molecule has 0 aromatic heterocycles. The topological polar surface area (TPSA) is 79.8 Å². The van der Waals surface area contributed by atoms with E-state index in [1.54, 1.807) is 12.1 Å². The van der Waals surface area contributed by atoms with Crippen LogP contribution in [0.4, 0.5) is 0 Å². The van der Waals surface area contributed by atoms with Gasteiger partial charge in [0.25, 0.3) is 0 Å². The highest BCUT2D eigenvalue weighted by Gasteiger charge is 2.02. The number of allylic oxidation sites excluding steroid dienone is 1. The fourth-order valence-electron chi connectivity index (χ4n) is 2.00. The van der Waals surface area contributed by atoms with Crippen molar-refractivity contribution in [1.82, 2.24) is 5.32 Å². The van der Waals surface area contributed by atoms with Gasteiger partial charge in [-0.2, -0.15) is 10.5 Å².